The van der Waals surface area contributed by atoms with Crippen LogP contribution in [0.4, 0.5) is 0 Å². The van der Waals surface area contributed by atoms with E-state index in [9.17, 15) is 13.2 Å². The van der Waals surface area contributed by atoms with E-state index in [1.807, 2.05) is 0 Å². The summed E-state index contributed by atoms with van der Waals surface area (Å²) < 4.78 is 31.9. The van der Waals surface area contributed by atoms with Gasteiger partial charge in [-0.1, -0.05) is 6.42 Å². The highest BCUT2D eigenvalue weighted by Gasteiger charge is 2.45. The lowest BCUT2D eigenvalue weighted by Crippen LogP contribution is -2.46. The van der Waals surface area contributed by atoms with Crippen LogP contribution < -0.4 is 0 Å². The number of hydrogen-bond donors (Lipinski definition) is 1. The molecule has 0 radical (unpaired) electrons. The molecule has 2 rings (SSSR count). The van der Waals surface area contributed by atoms with E-state index in [1.165, 1.54) is 11.4 Å². The van der Waals surface area contributed by atoms with Crippen molar-refractivity contribution < 1.29 is 23.1 Å². The highest BCUT2D eigenvalue weighted by atomic mass is 32.2. The number of piperidine rings is 1. The van der Waals surface area contributed by atoms with Crippen molar-refractivity contribution in [1.29, 1.82) is 0 Å². The Morgan fingerprint density at radius 3 is 2.71 bits per heavy atom. The molecular weight excluding hydrogens is 294 g/mol. The molecule has 0 aromatic carbocycles. The quantitative estimate of drug-likeness (QED) is 0.756. The molecule has 122 valence electrons. The number of carbonyl (C=O) groups excluding carboxylic acids is 1. The third kappa shape index (κ3) is 3.57. The zero-order valence-electron chi connectivity index (χ0n) is 12.5. The van der Waals surface area contributed by atoms with Gasteiger partial charge in [0.25, 0.3) is 0 Å². The lowest BCUT2D eigenvalue weighted by molar-refractivity contribution is -0.145. The lowest BCUT2D eigenvalue weighted by Gasteiger charge is -2.34. The molecule has 0 aromatic rings. The average Bonchev–Trinajstić information content (AvgIpc) is 2.97. The number of methoxy groups -OCH3 is 1. The normalized spacial score (nSPS) is 31.2. The van der Waals surface area contributed by atoms with Crippen LogP contribution in [-0.2, 0) is 19.6 Å². The van der Waals surface area contributed by atoms with Gasteiger partial charge in [-0.05, 0) is 38.0 Å². The fourth-order valence-electron chi connectivity index (χ4n) is 3.57. The van der Waals surface area contributed by atoms with Gasteiger partial charge in [-0.2, -0.15) is 0 Å². The first-order valence-electron chi connectivity index (χ1n) is 7.68. The molecule has 0 bridgehead atoms. The van der Waals surface area contributed by atoms with Crippen molar-refractivity contribution in [1.82, 2.24) is 4.31 Å². The van der Waals surface area contributed by atoms with Crippen LogP contribution in [0, 0.1) is 11.8 Å². The number of aliphatic hydroxyl groups excluding tert-OH is 1. The summed E-state index contributed by atoms with van der Waals surface area (Å²) in [6.45, 7) is 1.08. The van der Waals surface area contributed by atoms with Crippen molar-refractivity contribution in [3.8, 4) is 0 Å². The third-order valence-corrected chi connectivity index (χ3v) is 7.10. The fourth-order valence-corrected chi connectivity index (χ4v) is 5.88. The molecule has 0 amide bonds. The number of rotatable bonds is 5. The molecule has 0 aromatic heterocycles. The van der Waals surface area contributed by atoms with Gasteiger partial charge in [-0.15, -0.1) is 0 Å². The highest BCUT2D eigenvalue weighted by molar-refractivity contribution is 7.89. The molecule has 1 saturated carbocycles. The minimum atomic E-state index is -3.47. The molecule has 7 heteroatoms. The molecule has 3 unspecified atom stereocenters. The van der Waals surface area contributed by atoms with Crippen LogP contribution in [0.3, 0.4) is 0 Å². The second kappa shape index (κ2) is 7.07. The topological polar surface area (TPSA) is 83.9 Å². The Morgan fingerprint density at radius 2 is 2.05 bits per heavy atom. The number of ether oxygens (including phenoxy) is 1. The first kappa shape index (κ1) is 16.7. The summed E-state index contributed by atoms with van der Waals surface area (Å²) in [4.78, 5) is 11.8. The zero-order valence-corrected chi connectivity index (χ0v) is 13.3. The maximum atomic E-state index is 12.8. The lowest BCUT2D eigenvalue weighted by atomic mass is 9.97. The molecule has 2 fully saturated rings. The Balaban J connectivity index is 2.11. The molecule has 0 spiro atoms. The van der Waals surface area contributed by atoms with Crippen LogP contribution >= 0.6 is 0 Å². The SMILES string of the molecule is COC(=O)C1CCCC1S(=O)(=O)N1CCCC(CCO)C1. The first-order chi connectivity index (χ1) is 10.0. The highest BCUT2D eigenvalue weighted by Crippen LogP contribution is 2.35. The number of aliphatic hydroxyl groups is 1. The zero-order chi connectivity index (χ0) is 15.5. The van der Waals surface area contributed by atoms with Gasteiger partial charge in [0.1, 0.15) is 0 Å². The fraction of sp³-hybridized carbons (Fsp3) is 0.929. The van der Waals surface area contributed by atoms with Gasteiger partial charge < -0.3 is 9.84 Å². The number of esters is 1. The summed E-state index contributed by atoms with van der Waals surface area (Å²) in [6, 6.07) is 0. The van der Waals surface area contributed by atoms with Crippen LogP contribution in [0.15, 0.2) is 0 Å². The van der Waals surface area contributed by atoms with Gasteiger partial charge >= 0.3 is 5.97 Å². The Morgan fingerprint density at radius 1 is 1.29 bits per heavy atom. The summed E-state index contributed by atoms with van der Waals surface area (Å²) in [6.07, 6.45) is 4.28. The van der Waals surface area contributed by atoms with Crippen LogP contribution in [-0.4, -0.2) is 55.9 Å². The summed E-state index contributed by atoms with van der Waals surface area (Å²) in [5.41, 5.74) is 0. The van der Waals surface area contributed by atoms with E-state index in [4.69, 9.17) is 9.84 Å². The molecule has 1 aliphatic carbocycles. The molecule has 2 aliphatic rings. The third-order valence-electron chi connectivity index (χ3n) is 4.72. The average molecular weight is 319 g/mol. The van der Waals surface area contributed by atoms with Gasteiger partial charge in [-0.3, -0.25) is 4.79 Å². The van der Waals surface area contributed by atoms with E-state index in [0.717, 1.165) is 19.3 Å². The second-order valence-corrected chi connectivity index (χ2v) is 8.17. The van der Waals surface area contributed by atoms with E-state index < -0.39 is 27.2 Å². The summed E-state index contributed by atoms with van der Waals surface area (Å²) in [5.74, 6) is -0.722. The first-order valence-corrected chi connectivity index (χ1v) is 9.18. The standard InChI is InChI=1S/C14H25NO5S/c1-20-14(17)12-5-2-6-13(12)21(18,19)15-8-3-4-11(10-15)7-9-16/h11-13,16H,2-10H2,1H3. The van der Waals surface area contributed by atoms with Crippen LogP contribution in [0.5, 0.6) is 0 Å². The van der Waals surface area contributed by atoms with Gasteiger partial charge in [0.2, 0.25) is 10.0 Å². The van der Waals surface area contributed by atoms with E-state index in [2.05, 4.69) is 0 Å². The van der Waals surface area contributed by atoms with Gasteiger partial charge in [0.05, 0.1) is 18.3 Å². The predicted molar refractivity (Wildman–Crippen MR) is 78.1 cm³/mol. The molecule has 3 atom stereocenters. The van der Waals surface area contributed by atoms with E-state index >= 15 is 0 Å². The van der Waals surface area contributed by atoms with Gasteiger partial charge in [0.15, 0.2) is 0 Å². The molecule has 1 aliphatic heterocycles. The van der Waals surface area contributed by atoms with E-state index in [1.54, 1.807) is 0 Å². The summed E-state index contributed by atoms with van der Waals surface area (Å²) in [5, 5.41) is 8.40. The van der Waals surface area contributed by atoms with Crippen molar-refractivity contribution in [3.63, 3.8) is 0 Å². The smallest absolute Gasteiger partial charge is 0.310 e. The maximum absolute atomic E-state index is 12.8. The van der Waals surface area contributed by atoms with Crippen molar-refractivity contribution in [2.24, 2.45) is 11.8 Å². The molecule has 6 nitrogen and oxygen atoms in total. The van der Waals surface area contributed by atoms with Crippen molar-refractivity contribution >= 4 is 16.0 Å². The van der Waals surface area contributed by atoms with Crippen LogP contribution in [0.25, 0.3) is 0 Å². The van der Waals surface area contributed by atoms with Crippen LogP contribution in [0.2, 0.25) is 0 Å². The Bertz CT molecular complexity index is 462. The Hall–Kier alpha value is -0.660. The number of sulfonamides is 1. The molecule has 1 heterocycles. The minimum Gasteiger partial charge on any atom is -0.469 e. The van der Waals surface area contributed by atoms with Gasteiger partial charge in [-0.25, -0.2) is 12.7 Å². The Kier molecular flexibility index (Phi) is 5.62. The largest absolute Gasteiger partial charge is 0.469 e. The van der Waals surface area contributed by atoms with Gasteiger partial charge in [0, 0.05) is 19.7 Å². The Labute approximate surface area is 126 Å². The van der Waals surface area contributed by atoms with E-state index in [0.29, 0.717) is 32.4 Å². The summed E-state index contributed by atoms with van der Waals surface area (Å²) >= 11 is 0. The monoisotopic (exact) mass is 319 g/mol. The molecule has 1 saturated heterocycles. The maximum Gasteiger partial charge on any atom is 0.310 e. The minimum absolute atomic E-state index is 0.0900. The van der Waals surface area contributed by atoms with Crippen molar-refractivity contribution in [2.75, 3.05) is 26.8 Å². The molecular formula is C14H25NO5S. The van der Waals surface area contributed by atoms with Crippen molar-refractivity contribution in [3.05, 3.63) is 0 Å². The number of nitrogens with zero attached hydrogens (tertiary/aromatic N) is 1. The predicted octanol–water partition coefficient (Wildman–Crippen LogP) is 0.752. The van der Waals surface area contributed by atoms with E-state index in [-0.39, 0.29) is 12.5 Å². The van der Waals surface area contributed by atoms with Crippen LogP contribution in [0.1, 0.15) is 38.5 Å². The molecule has 21 heavy (non-hydrogen) atoms. The summed E-state index contributed by atoms with van der Waals surface area (Å²) in [7, 11) is -2.16. The second-order valence-electron chi connectivity index (χ2n) is 6.02. The van der Waals surface area contributed by atoms with Crippen molar-refractivity contribution in [2.45, 2.75) is 43.8 Å². The number of carbonyl (C=O) groups is 1. The molecule has 1 N–H and O–H groups in total. The number of hydrogen-bond acceptors (Lipinski definition) is 5.